The quantitative estimate of drug-likeness (QED) is 0.906. The van der Waals surface area contributed by atoms with Crippen molar-refractivity contribution in [3.8, 4) is 6.07 Å². The van der Waals surface area contributed by atoms with Crippen LogP contribution in [0.2, 0.25) is 0 Å². The van der Waals surface area contributed by atoms with Crippen molar-refractivity contribution in [2.24, 2.45) is 5.41 Å². The van der Waals surface area contributed by atoms with Crippen LogP contribution >= 0.6 is 0 Å². The molecule has 1 aromatic rings. The molecule has 2 rings (SSSR count). The average Bonchev–Trinajstić information content (AvgIpc) is 2.97. The Balaban J connectivity index is 2.18. The van der Waals surface area contributed by atoms with Gasteiger partial charge in [0.2, 0.25) is 11.9 Å². The normalized spacial score (nSPS) is 16.6. The van der Waals surface area contributed by atoms with E-state index in [0.717, 1.165) is 37.1 Å². The van der Waals surface area contributed by atoms with E-state index in [0.29, 0.717) is 12.8 Å². The third kappa shape index (κ3) is 2.62. The maximum Gasteiger partial charge on any atom is 0.249 e. The summed E-state index contributed by atoms with van der Waals surface area (Å²) >= 11 is 0. The van der Waals surface area contributed by atoms with Gasteiger partial charge in [0.1, 0.15) is 5.41 Å². The van der Waals surface area contributed by atoms with E-state index in [2.05, 4.69) is 26.6 Å². The molecule has 1 amide bonds. The van der Waals surface area contributed by atoms with Gasteiger partial charge in [-0.3, -0.25) is 10.1 Å². The Bertz CT molecular complexity index is 543. The summed E-state index contributed by atoms with van der Waals surface area (Å²) in [5.41, 5.74) is 0.774. The number of amides is 1. The number of anilines is 1. The highest BCUT2D eigenvalue weighted by Crippen LogP contribution is 2.38. The molecule has 0 bridgehead atoms. The Morgan fingerprint density at radius 2 is 1.90 bits per heavy atom. The van der Waals surface area contributed by atoms with Gasteiger partial charge in [0, 0.05) is 0 Å². The highest BCUT2D eigenvalue weighted by Gasteiger charge is 2.41. The number of nitrogens with one attached hydrogen (secondary N) is 1. The van der Waals surface area contributed by atoms with E-state index < -0.39 is 5.41 Å². The standard InChI is InChI=1S/C14H19N5O/c1-3-10-11(4-2)18-19-13(16-10)17-12(20)14(9-15)7-5-6-8-14/h3-8H2,1-2H3,(H,16,17,19,20). The molecule has 1 saturated carbocycles. The van der Waals surface area contributed by atoms with Crippen LogP contribution < -0.4 is 5.32 Å². The third-order valence-electron chi connectivity index (χ3n) is 3.84. The van der Waals surface area contributed by atoms with Crippen LogP contribution in [0, 0.1) is 16.7 Å². The van der Waals surface area contributed by atoms with E-state index in [1.165, 1.54) is 0 Å². The summed E-state index contributed by atoms with van der Waals surface area (Å²) in [4.78, 5) is 16.6. The minimum atomic E-state index is -0.917. The van der Waals surface area contributed by atoms with E-state index >= 15 is 0 Å². The second-order valence-corrected chi connectivity index (χ2v) is 5.09. The van der Waals surface area contributed by atoms with Gasteiger partial charge in [0.25, 0.3) is 0 Å². The fraction of sp³-hybridized carbons (Fsp3) is 0.643. The second-order valence-electron chi connectivity index (χ2n) is 5.09. The summed E-state index contributed by atoms with van der Waals surface area (Å²) in [5, 5.41) is 20.0. The van der Waals surface area contributed by atoms with Crippen LogP contribution in [-0.2, 0) is 17.6 Å². The Hall–Kier alpha value is -2.03. The molecule has 1 aliphatic carbocycles. The van der Waals surface area contributed by atoms with Gasteiger partial charge in [0.15, 0.2) is 0 Å². The lowest BCUT2D eigenvalue weighted by atomic mass is 9.87. The van der Waals surface area contributed by atoms with Crippen molar-refractivity contribution in [2.45, 2.75) is 52.4 Å². The Morgan fingerprint density at radius 1 is 1.25 bits per heavy atom. The number of carbonyl (C=O) groups is 1. The molecule has 6 nitrogen and oxygen atoms in total. The summed E-state index contributed by atoms with van der Waals surface area (Å²) < 4.78 is 0. The molecule has 6 heteroatoms. The first-order valence-corrected chi connectivity index (χ1v) is 7.10. The van der Waals surface area contributed by atoms with Crippen LogP contribution in [0.3, 0.4) is 0 Å². The summed E-state index contributed by atoms with van der Waals surface area (Å²) in [7, 11) is 0. The van der Waals surface area contributed by atoms with E-state index in [4.69, 9.17) is 0 Å². The van der Waals surface area contributed by atoms with Gasteiger partial charge in [-0.2, -0.15) is 5.26 Å². The summed E-state index contributed by atoms with van der Waals surface area (Å²) in [6.07, 6.45) is 4.54. The summed E-state index contributed by atoms with van der Waals surface area (Å²) in [5.74, 6) is -0.101. The molecule has 0 atom stereocenters. The molecular formula is C14H19N5O. The van der Waals surface area contributed by atoms with Gasteiger partial charge >= 0.3 is 0 Å². The minimum absolute atomic E-state index is 0.200. The molecule has 1 aliphatic rings. The maximum atomic E-state index is 12.3. The lowest BCUT2D eigenvalue weighted by Crippen LogP contribution is -2.33. The Labute approximate surface area is 118 Å². The van der Waals surface area contributed by atoms with Crippen LogP contribution in [-0.4, -0.2) is 21.1 Å². The molecule has 1 heterocycles. The van der Waals surface area contributed by atoms with Crippen LogP contribution in [0.5, 0.6) is 0 Å². The maximum absolute atomic E-state index is 12.3. The topological polar surface area (TPSA) is 91.6 Å². The van der Waals surface area contributed by atoms with Crippen LogP contribution in [0.15, 0.2) is 0 Å². The van der Waals surface area contributed by atoms with Gasteiger partial charge < -0.3 is 0 Å². The minimum Gasteiger partial charge on any atom is -0.292 e. The van der Waals surface area contributed by atoms with E-state index in [-0.39, 0.29) is 11.9 Å². The molecular weight excluding hydrogens is 254 g/mol. The van der Waals surface area contributed by atoms with Crippen molar-refractivity contribution in [1.82, 2.24) is 15.2 Å². The predicted molar refractivity (Wildman–Crippen MR) is 73.7 cm³/mol. The van der Waals surface area contributed by atoms with Gasteiger partial charge in [0.05, 0.1) is 17.5 Å². The van der Waals surface area contributed by atoms with Crippen molar-refractivity contribution in [3.63, 3.8) is 0 Å². The molecule has 1 fully saturated rings. The first kappa shape index (κ1) is 14.4. The number of carbonyl (C=O) groups excluding carboxylic acids is 1. The number of hydrogen-bond acceptors (Lipinski definition) is 5. The predicted octanol–water partition coefficient (Wildman–Crippen LogP) is 2.02. The summed E-state index contributed by atoms with van der Waals surface area (Å²) in [6.45, 7) is 3.98. The van der Waals surface area contributed by atoms with Gasteiger partial charge in [-0.15, -0.1) is 10.2 Å². The number of rotatable bonds is 4. The van der Waals surface area contributed by atoms with Crippen molar-refractivity contribution in [3.05, 3.63) is 11.4 Å². The molecule has 1 aromatic heterocycles. The molecule has 106 valence electrons. The van der Waals surface area contributed by atoms with Crippen molar-refractivity contribution >= 4 is 11.9 Å². The number of hydrogen-bond donors (Lipinski definition) is 1. The van der Waals surface area contributed by atoms with E-state index in [9.17, 15) is 10.1 Å². The van der Waals surface area contributed by atoms with Crippen LogP contribution in [0.4, 0.5) is 5.95 Å². The zero-order chi connectivity index (χ0) is 14.6. The molecule has 0 spiro atoms. The number of aryl methyl sites for hydroxylation is 2. The lowest BCUT2D eigenvalue weighted by molar-refractivity contribution is -0.122. The van der Waals surface area contributed by atoms with Crippen molar-refractivity contribution < 1.29 is 4.79 Å². The summed E-state index contributed by atoms with van der Waals surface area (Å²) in [6, 6.07) is 2.16. The number of nitrogens with zero attached hydrogens (tertiary/aromatic N) is 4. The monoisotopic (exact) mass is 273 g/mol. The lowest BCUT2D eigenvalue weighted by Gasteiger charge is -2.18. The fourth-order valence-corrected chi connectivity index (χ4v) is 2.58. The van der Waals surface area contributed by atoms with Gasteiger partial charge in [-0.25, -0.2) is 4.98 Å². The van der Waals surface area contributed by atoms with Crippen LogP contribution in [0.1, 0.15) is 50.9 Å². The van der Waals surface area contributed by atoms with Crippen molar-refractivity contribution in [2.75, 3.05) is 5.32 Å². The highest BCUT2D eigenvalue weighted by molar-refractivity contribution is 5.96. The average molecular weight is 273 g/mol. The fourth-order valence-electron chi connectivity index (χ4n) is 2.58. The third-order valence-corrected chi connectivity index (χ3v) is 3.84. The number of nitriles is 1. The zero-order valence-electron chi connectivity index (χ0n) is 11.9. The van der Waals surface area contributed by atoms with Gasteiger partial charge in [-0.05, 0) is 25.7 Å². The van der Waals surface area contributed by atoms with Crippen LogP contribution in [0.25, 0.3) is 0 Å². The molecule has 0 saturated heterocycles. The number of aromatic nitrogens is 3. The van der Waals surface area contributed by atoms with Crippen molar-refractivity contribution in [1.29, 1.82) is 5.26 Å². The van der Waals surface area contributed by atoms with E-state index in [1.54, 1.807) is 0 Å². The van der Waals surface area contributed by atoms with E-state index in [1.807, 2.05) is 13.8 Å². The largest absolute Gasteiger partial charge is 0.292 e. The molecule has 20 heavy (non-hydrogen) atoms. The molecule has 0 unspecified atom stereocenters. The highest BCUT2D eigenvalue weighted by atomic mass is 16.2. The molecule has 0 radical (unpaired) electrons. The Kier molecular flexibility index (Phi) is 4.28. The molecule has 0 aromatic carbocycles. The Morgan fingerprint density at radius 3 is 2.45 bits per heavy atom. The zero-order valence-corrected chi connectivity index (χ0v) is 11.9. The SMILES string of the molecule is CCc1nnc(NC(=O)C2(C#N)CCCC2)nc1CC. The molecule has 1 N–H and O–H groups in total. The first-order chi connectivity index (χ1) is 9.65. The molecule has 0 aliphatic heterocycles. The second kappa shape index (κ2) is 5.95. The van der Waals surface area contributed by atoms with Gasteiger partial charge in [-0.1, -0.05) is 26.7 Å². The smallest absolute Gasteiger partial charge is 0.249 e. The first-order valence-electron chi connectivity index (χ1n) is 7.10.